The van der Waals surface area contributed by atoms with E-state index in [4.69, 9.17) is 4.74 Å². The Balaban J connectivity index is 1.42. The lowest BCUT2D eigenvalue weighted by Crippen LogP contribution is -2.38. The van der Waals surface area contributed by atoms with Crippen molar-refractivity contribution in [1.82, 2.24) is 4.90 Å². The van der Waals surface area contributed by atoms with Gasteiger partial charge in [-0.3, -0.25) is 24.2 Å². The minimum Gasteiger partial charge on any atom is -0.447 e. The third-order valence-corrected chi connectivity index (χ3v) is 5.44. The van der Waals surface area contributed by atoms with Crippen molar-refractivity contribution in [1.29, 1.82) is 0 Å². The van der Waals surface area contributed by atoms with E-state index >= 15 is 0 Å². The molecule has 3 fully saturated rings. The minimum atomic E-state index is -0.434. The van der Waals surface area contributed by atoms with Crippen LogP contribution in [-0.4, -0.2) is 48.4 Å². The second-order valence-corrected chi connectivity index (χ2v) is 7.12. The standard InChI is InChI=1S/C19H21N3O5/c23-16(11-22-17(24)14-6-1-2-7-15(14)18(22)25)20-12-4-3-5-13(10-12)21-8-9-27-19(21)26/h3-5,10,14-15H,1-2,6-9,11H2,(H,20,23)/t14-,15+. The maximum Gasteiger partial charge on any atom is 0.414 e. The first-order valence-electron chi connectivity index (χ1n) is 9.24. The molecule has 0 aromatic heterocycles. The average Bonchev–Trinajstić information content (AvgIpc) is 3.20. The molecule has 0 spiro atoms. The molecule has 1 saturated carbocycles. The molecule has 0 radical (unpaired) electrons. The Hall–Kier alpha value is -2.90. The summed E-state index contributed by atoms with van der Waals surface area (Å²) >= 11 is 0. The number of likely N-dealkylation sites (tertiary alicyclic amines) is 1. The Morgan fingerprint density at radius 1 is 1.11 bits per heavy atom. The molecule has 8 heteroatoms. The van der Waals surface area contributed by atoms with Gasteiger partial charge in [0.2, 0.25) is 17.7 Å². The van der Waals surface area contributed by atoms with Crippen molar-refractivity contribution >= 4 is 35.2 Å². The van der Waals surface area contributed by atoms with Crippen molar-refractivity contribution in [2.24, 2.45) is 11.8 Å². The molecule has 1 N–H and O–H groups in total. The molecule has 2 saturated heterocycles. The van der Waals surface area contributed by atoms with Gasteiger partial charge in [-0.1, -0.05) is 18.9 Å². The van der Waals surface area contributed by atoms with Crippen molar-refractivity contribution in [3.8, 4) is 0 Å². The number of amides is 4. The number of rotatable bonds is 4. The molecule has 0 bridgehead atoms. The van der Waals surface area contributed by atoms with Gasteiger partial charge in [0.1, 0.15) is 13.2 Å². The smallest absolute Gasteiger partial charge is 0.414 e. The molecule has 4 rings (SSSR count). The van der Waals surface area contributed by atoms with Gasteiger partial charge in [0.05, 0.1) is 18.4 Å². The van der Waals surface area contributed by atoms with Crippen LogP contribution in [0.2, 0.25) is 0 Å². The first-order chi connectivity index (χ1) is 13.0. The number of fused-ring (bicyclic) bond motifs is 1. The number of hydrogen-bond donors (Lipinski definition) is 1. The number of carbonyl (C=O) groups is 4. The number of imide groups is 1. The zero-order chi connectivity index (χ0) is 19.0. The Bertz CT molecular complexity index is 784. The third kappa shape index (κ3) is 3.27. The summed E-state index contributed by atoms with van der Waals surface area (Å²) < 4.78 is 4.92. The van der Waals surface area contributed by atoms with E-state index in [1.165, 1.54) is 4.90 Å². The van der Waals surface area contributed by atoms with Crippen LogP contribution in [-0.2, 0) is 19.1 Å². The molecule has 1 aromatic rings. The molecular formula is C19H21N3O5. The van der Waals surface area contributed by atoms with E-state index in [0.29, 0.717) is 24.5 Å². The molecule has 8 nitrogen and oxygen atoms in total. The van der Waals surface area contributed by atoms with E-state index in [1.54, 1.807) is 24.3 Å². The molecule has 2 atom stereocenters. The summed E-state index contributed by atoms with van der Waals surface area (Å²) in [6.45, 7) is 0.507. The van der Waals surface area contributed by atoms with Gasteiger partial charge in [-0.25, -0.2) is 4.79 Å². The van der Waals surface area contributed by atoms with Crippen LogP contribution in [0.25, 0.3) is 0 Å². The van der Waals surface area contributed by atoms with Crippen LogP contribution < -0.4 is 10.2 Å². The highest BCUT2D eigenvalue weighted by molar-refractivity contribution is 6.08. The molecule has 142 valence electrons. The van der Waals surface area contributed by atoms with Crippen molar-refractivity contribution in [2.75, 3.05) is 29.9 Å². The Morgan fingerprint density at radius 3 is 2.44 bits per heavy atom. The van der Waals surface area contributed by atoms with Gasteiger partial charge in [0.25, 0.3) is 0 Å². The van der Waals surface area contributed by atoms with Crippen molar-refractivity contribution < 1.29 is 23.9 Å². The molecule has 1 aliphatic carbocycles. The summed E-state index contributed by atoms with van der Waals surface area (Å²) in [5.41, 5.74) is 1.11. The van der Waals surface area contributed by atoms with Crippen molar-refractivity contribution in [2.45, 2.75) is 25.7 Å². The monoisotopic (exact) mass is 371 g/mol. The lowest BCUT2D eigenvalue weighted by atomic mass is 9.81. The lowest BCUT2D eigenvalue weighted by Gasteiger charge is -2.19. The van der Waals surface area contributed by atoms with E-state index in [1.807, 2.05) is 0 Å². The second-order valence-electron chi connectivity index (χ2n) is 7.12. The molecule has 2 heterocycles. The normalized spacial score (nSPS) is 24.8. The fourth-order valence-corrected chi connectivity index (χ4v) is 4.11. The summed E-state index contributed by atoms with van der Waals surface area (Å²) in [6, 6.07) is 6.83. The average molecular weight is 371 g/mol. The van der Waals surface area contributed by atoms with Gasteiger partial charge in [0.15, 0.2) is 0 Å². The van der Waals surface area contributed by atoms with Crippen LogP contribution in [0.5, 0.6) is 0 Å². The van der Waals surface area contributed by atoms with Crippen molar-refractivity contribution in [3.63, 3.8) is 0 Å². The van der Waals surface area contributed by atoms with E-state index in [-0.39, 0.29) is 30.2 Å². The van der Waals surface area contributed by atoms with E-state index in [9.17, 15) is 19.2 Å². The van der Waals surface area contributed by atoms with E-state index < -0.39 is 12.0 Å². The molecule has 3 aliphatic rings. The predicted octanol–water partition coefficient (Wildman–Crippen LogP) is 1.76. The lowest BCUT2D eigenvalue weighted by molar-refractivity contribution is -0.142. The van der Waals surface area contributed by atoms with Gasteiger partial charge >= 0.3 is 6.09 Å². The number of cyclic esters (lactones) is 1. The number of nitrogens with zero attached hydrogens (tertiary/aromatic N) is 2. The van der Waals surface area contributed by atoms with Crippen LogP contribution in [0.4, 0.5) is 16.2 Å². The highest BCUT2D eigenvalue weighted by Crippen LogP contribution is 2.37. The maximum absolute atomic E-state index is 12.5. The van der Waals surface area contributed by atoms with Crippen LogP contribution in [0, 0.1) is 11.8 Å². The van der Waals surface area contributed by atoms with Crippen molar-refractivity contribution in [3.05, 3.63) is 24.3 Å². The topological polar surface area (TPSA) is 96.0 Å². The first kappa shape index (κ1) is 17.5. The summed E-state index contributed by atoms with van der Waals surface area (Å²) in [6.07, 6.45) is 2.93. The number of hydrogen-bond acceptors (Lipinski definition) is 5. The zero-order valence-corrected chi connectivity index (χ0v) is 14.8. The first-order valence-corrected chi connectivity index (χ1v) is 9.24. The molecule has 2 aliphatic heterocycles. The summed E-state index contributed by atoms with van der Waals surface area (Å²) in [7, 11) is 0. The molecule has 4 amide bonds. The van der Waals surface area contributed by atoms with Crippen LogP contribution >= 0.6 is 0 Å². The number of nitrogens with one attached hydrogen (secondary N) is 1. The van der Waals surface area contributed by atoms with E-state index in [0.717, 1.165) is 30.6 Å². The minimum absolute atomic E-state index is 0.228. The third-order valence-electron chi connectivity index (χ3n) is 5.44. The largest absolute Gasteiger partial charge is 0.447 e. The molecule has 27 heavy (non-hydrogen) atoms. The number of carbonyl (C=O) groups excluding carboxylic acids is 4. The number of benzene rings is 1. The van der Waals surface area contributed by atoms with Crippen LogP contribution in [0.15, 0.2) is 24.3 Å². The highest BCUT2D eigenvalue weighted by Gasteiger charge is 2.48. The van der Waals surface area contributed by atoms with Crippen LogP contribution in [0.3, 0.4) is 0 Å². The summed E-state index contributed by atoms with van der Waals surface area (Å²) in [5, 5.41) is 2.71. The summed E-state index contributed by atoms with van der Waals surface area (Å²) in [5.74, 6) is -1.41. The predicted molar refractivity (Wildman–Crippen MR) is 95.9 cm³/mol. The van der Waals surface area contributed by atoms with Gasteiger partial charge in [0, 0.05) is 11.4 Å². The van der Waals surface area contributed by atoms with Gasteiger partial charge in [-0.15, -0.1) is 0 Å². The van der Waals surface area contributed by atoms with E-state index in [2.05, 4.69) is 5.32 Å². The maximum atomic E-state index is 12.5. The SMILES string of the molecule is O=C(CN1C(=O)[C@H]2CCCC[C@H]2C1=O)Nc1cccc(N2CCOC2=O)c1. The second kappa shape index (κ2) is 7.02. The van der Waals surface area contributed by atoms with Gasteiger partial charge in [-0.2, -0.15) is 0 Å². The Labute approximate surface area is 156 Å². The van der Waals surface area contributed by atoms with Gasteiger partial charge in [-0.05, 0) is 31.0 Å². The summed E-state index contributed by atoms with van der Waals surface area (Å²) in [4.78, 5) is 51.6. The quantitative estimate of drug-likeness (QED) is 0.814. The van der Waals surface area contributed by atoms with Gasteiger partial charge < -0.3 is 10.1 Å². The Kier molecular flexibility index (Phi) is 4.55. The van der Waals surface area contributed by atoms with Crippen LogP contribution in [0.1, 0.15) is 25.7 Å². The molecule has 0 unspecified atom stereocenters. The highest BCUT2D eigenvalue weighted by atomic mass is 16.6. The fourth-order valence-electron chi connectivity index (χ4n) is 4.11. The zero-order valence-electron chi connectivity index (χ0n) is 14.8. The number of anilines is 2. The Morgan fingerprint density at radius 2 is 1.81 bits per heavy atom. The fraction of sp³-hybridized carbons (Fsp3) is 0.474. The molecule has 1 aromatic carbocycles. The number of ether oxygens (including phenoxy) is 1. The molecular weight excluding hydrogens is 350 g/mol.